The molecule has 0 heterocycles. The van der Waals surface area contributed by atoms with Gasteiger partial charge in [-0.05, 0) is 30.7 Å². The first-order valence-corrected chi connectivity index (χ1v) is 10.5. The first-order valence-electron chi connectivity index (χ1n) is 10.5. The number of hydrogen-bond donors (Lipinski definition) is 4. The van der Waals surface area contributed by atoms with Crippen LogP contribution in [0.1, 0.15) is 35.3 Å². The zero-order valence-electron chi connectivity index (χ0n) is 18.2. The molecule has 8 heteroatoms. The lowest BCUT2D eigenvalue weighted by molar-refractivity contribution is -0.133. The van der Waals surface area contributed by atoms with Gasteiger partial charge in [0, 0.05) is 36.5 Å². The number of halogens is 2. The molecule has 0 saturated heterocycles. The van der Waals surface area contributed by atoms with Gasteiger partial charge in [0.1, 0.15) is 17.5 Å². The van der Waals surface area contributed by atoms with E-state index in [2.05, 4.69) is 10.6 Å². The standard InChI is InChI=1S/C25H26F2N4O2/c1-2-33-23(25(32)31-14-16-8-10-17(11-9-16)24(28)29)21-20(26)13-12-18(22(21)27)15-30-19-6-4-3-5-7-19/h3-13,23,30H,2,14-15H2,1H3,(H3,28,29)(H,31,32). The molecule has 5 N–H and O–H groups in total. The minimum atomic E-state index is -1.44. The Morgan fingerprint density at radius 3 is 2.36 bits per heavy atom. The Morgan fingerprint density at radius 2 is 1.73 bits per heavy atom. The van der Waals surface area contributed by atoms with Crippen molar-refractivity contribution in [1.82, 2.24) is 5.32 Å². The Morgan fingerprint density at radius 1 is 1.03 bits per heavy atom. The van der Waals surface area contributed by atoms with Crippen LogP contribution < -0.4 is 16.4 Å². The second-order valence-electron chi connectivity index (χ2n) is 7.32. The summed E-state index contributed by atoms with van der Waals surface area (Å²) in [5.74, 6) is -2.39. The average Bonchev–Trinajstić information content (AvgIpc) is 2.82. The molecule has 0 fully saturated rings. The van der Waals surface area contributed by atoms with E-state index in [1.54, 1.807) is 31.2 Å². The molecule has 0 saturated carbocycles. The summed E-state index contributed by atoms with van der Waals surface area (Å²) < 4.78 is 35.4. The Labute approximate surface area is 191 Å². The number of carbonyl (C=O) groups excluding carboxylic acids is 1. The molecule has 33 heavy (non-hydrogen) atoms. The number of benzene rings is 3. The molecule has 1 unspecified atom stereocenters. The van der Waals surface area contributed by atoms with Crippen molar-refractivity contribution in [3.05, 3.63) is 101 Å². The van der Waals surface area contributed by atoms with E-state index < -0.39 is 29.2 Å². The van der Waals surface area contributed by atoms with Gasteiger partial charge in [-0.2, -0.15) is 0 Å². The van der Waals surface area contributed by atoms with Crippen molar-refractivity contribution in [2.45, 2.75) is 26.1 Å². The fourth-order valence-electron chi connectivity index (χ4n) is 3.29. The molecule has 172 valence electrons. The predicted octanol–water partition coefficient (Wildman–Crippen LogP) is 4.25. The second kappa shape index (κ2) is 11.2. The Kier molecular flexibility index (Phi) is 8.10. The second-order valence-corrected chi connectivity index (χ2v) is 7.32. The van der Waals surface area contributed by atoms with Crippen LogP contribution in [0.3, 0.4) is 0 Å². The minimum Gasteiger partial charge on any atom is -0.384 e. The first kappa shape index (κ1) is 23.9. The van der Waals surface area contributed by atoms with E-state index in [1.807, 2.05) is 30.3 Å². The third-order valence-electron chi connectivity index (χ3n) is 5.03. The van der Waals surface area contributed by atoms with Crippen LogP contribution in [0.25, 0.3) is 0 Å². The molecule has 0 bridgehead atoms. The van der Waals surface area contributed by atoms with Crippen LogP contribution in [0.4, 0.5) is 14.5 Å². The van der Waals surface area contributed by atoms with Gasteiger partial charge < -0.3 is 21.1 Å². The maximum atomic E-state index is 15.3. The highest BCUT2D eigenvalue weighted by atomic mass is 19.1. The number of amidine groups is 1. The molecule has 0 spiro atoms. The maximum absolute atomic E-state index is 15.3. The zero-order valence-corrected chi connectivity index (χ0v) is 18.2. The van der Waals surface area contributed by atoms with Crippen LogP contribution in [-0.4, -0.2) is 18.3 Å². The maximum Gasteiger partial charge on any atom is 0.254 e. The van der Waals surface area contributed by atoms with Gasteiger partial charge in [0.25, 0.3) is 5.91 Å². The summed E-state index contributed by atoms with van der Waals surface area (Å²) in [5.41, 5.74) is 7.32. The lowest BCUT2D eigenvalue weighted by atomic mass is 10.0. The molecule has 6 nitrogen and oxygen atoms in total. The highest BCUT2D eigenvalue weighted by Crippen LogP contribution is 2.27. The molecular weight excluding hydrogens is 426 g/mol. The highest BCUT2D eigenvalue weighted by molar-refractivity contribution is 5.94. The molecule has 3 aromatic rings. The highest BCUT2D eigenvalue weighted by Gasteiger charge is 2.29. The summed E-state index contributed by atoms with van der Waals surface area (Å²) >= 11 is 0. The Hall–Kier alpha value is -3.78. The molecule has 0 aliphatic rings. The van der Waals surface area contributed by atoms with Crippen LogP contribution in [0, 0.1) is 17.0 Å². The van der Waals surface area contributed by atoms with Gasteiger partial charge in [-0.3, -0.25) is 10.2 Å². The lowest BCUT2D eigenvalue weighted by Gasteiger charge is -2.20. The van der Waals surface area contributed by atoms with Crippen LogP contribution in [0.5, 0.6) is 0 Å². The third kappa shape index (κ3) is 6.14. The summed E-state index contributed by atoms with van der Waals surface area (Å²) in [6, 6.07) is 18.5. The molecular formula is C25H26F2N4O2. The molecule has 0 radical (unpaired) electrons. The van der Waals surface area contributed by atoms with Crippen molar-refractivity contribution in [1.29, 1.82) is 5.41 Å². The van der Waals surface area contributed by atoms with Gasteiger partial charge in [-0.25, -0.2) is 8.78 Å². The predicted molar refractivity (Wildman–Crippen MR) is 124 cm³/mol. The molecule has 1 atom stereocenters. The van der Waals surface area contributed by atoms with Crippen LogP contribution in [0.15, 0.2) is 66.7 Å². The fourth-order valence-corrected chi connectivity index (χ4v) is 3.29. The summed E-state index contributed by atoms with van der Waals surface area (Å²) in [7, 11) is 0. The van der Waals surface area contributed by atoms with E-state index in [1.165, 1.54) is 6.07 Å². The number of ether oxygens (including phenoxy) is 1. The number of rotatable bonds is 10. The van der Waals surface area contributed by atoms with E-state index in [4.69, 9.17) is 15.9 Å². The summed E-state index contributed by atoms with van der Waals surface area (Å²) in [5, 5.41) is 13.2. The summed E-state index contributed by atoms with van der Waals surface area (Å²) in [6.07, 6.45) is -1.44. The lowest BCUT2D eigenvalue weighted by Crippen LogP contribution is -2.32. The van der Waals surface area contributed by atoms with E-state index in [-0.39, 0.29) is 31.1 Å². The SMILES string of the molecule is CCOC(C(=O)NCc1ccc(C(=N)N)cc1)c1c(F)ccc(CNc2ccccc2)c1F. The number of hydrogen-bond acceptors (Lipinski definition) is 4. The topological polar surface area (TPSA) is 100 Å². The van der Waals surface area contributed by atoms with Gasteiger partial charge in [0.15, 0.2) is 6.10 Å². The van der Waals surface area contributed by atoms with Crippen LogP contribution in [0.2, 0.25) is 0 Å². The van der Waals surface area contributed by atoms with E-state index in [9.17, 15) is 9.18 Å². The van der Waals surface area contributed by atoms with Crippen LogP contribution >= 0.6 is 0 Å². The number of nitrogens with two attached hydrogens (primary N) is 1. The van der Waals surface area contributed by atoms with Gasteiger partial charge in [0.2, 0.25) is 0 Å². The number of para-hydroxylation sites is 1. The quantitative estimate of drug-likeness (QED) is 0.273. The van der Waals surface area contributed by atoms with Crippen molar-refractivity contribution >= 4 is 17.4 Å². The average molecular weight is 453 g/mol. The van der Waals surface area contributed by atoms with Gasteiger partial charge >= 0.3 is 0 Å². The van der Waals surface area contributed by atoms with Crippen molar-refractivity contribution in [2.75, 3.05) is 11.9 Å². The Balaban J connectivity index is 1.76. The molecule has 0 aliphatic heterocycles. The number of carbonyl (C=O) groups is 1. The number of nitrogens with one attached hydrogen (secondary N) is 3. The van der Waals surface area contributed by atoms with E-state index in [0.29, 0.717) is 5.56 Å². The van der Waals surface area contributed by atoms with E-state index in [0.717, 1.165) is 17.3 Å². The smallest absolute Gasteiger partial charge is 0.254 e. The summed E-state index contributed by atoms with van der Waals surface area (Å²) in [6.45, 7) is 1.99. The van der Waals surface area contributed by atoms with Gasteiger partial charge in [-0.1, -0.05) is 48.5 Å². The fraction of sp³-hybridized carbons (Fsp3) is 0.200. The molecule has 0 aliphatic carbocycles. The largest absolute Gasteiger partial charge is 0.384 e. The Bertz CT molecular complexity index is 1110. The van der Waals surface area contributed by atoms with Gasteiger partial charge in [-0.15, -0.1) is 0 Å². The third-order valence-corrected chi connectivity index (χ3v) is 5.03. The molecule has 1 amide bonds. The molecule has 3 rings (SSSR count). The molecule has 0 aromatic heterocycles. The first-order chi connectivity index (χ1) is 15.9. The van der Waals surface area contributed by atoms with E-state index >= 15 is 4.39 Å². The monoisotopic (exact) mass is 452 g/mol. The van der Waals surface area contributed by atoms with Crippen molar-refractivity contribution < 1.29 is 18.3 Å². The van der Waals surface area contributed by atoms with Crippen molar-refractivity contribution in [3.8, 4) is 0 Å². The number of anilines is 1. The van der Waals surface area contributed by atoms with Crippen molar-refractivity contribution in [2.24, 2.45) is 5.73 Å². The van der Waals surface area contributed by atoms with Crippen LogP contribution in [-0.2, 0) is 22.6 Å². The number of nitrogen functional groups attached to an aromatic ring is 1. The number of amides is 1. The van der Waals surface area contributed by atoms with Crippen molar-refractivity contribution in [3.63, 3.8) is 0 Å². The molecule has 3 aromatic carbocycles. The normalized spacial score (nSPS) is 11.6. The van der Waals surface area contributed by atoms with Gasteiger partial charge in [0.05, 0.1) is 5.56 Å². The summed E-state index contributed by atoms with van der Waals surface area (Å²) in [4.78, 5) is 12.8. The zero-order chi connectivity index (χ0) is 23.8. The minimum absolute atomic E-state index is 0.0606.